The molecule has 2 aromatic carbocycles. The number of hydrogen-bond acceptors (Lipinski definition) is 2. The number of carboxylic acid groups (broad SMARTS) is 1. The molecule has 2 aromatic rings. The number of anilines is 2. The summed E-state index contributed by atoms with van der Waals surface area (Å²) in [5.74, 6) is -0.902. The van der Waals surface area contributed by atoms with Gasteiger partial charge in [0.25, 0.3) is 0 Å². The lowest BCUT2D eigenvalue weighted by atomic mass is 10.1. The van der Waals surface area contributed by atoms with Crippen LogP contribution in [0.1, 0.15) is 21.5 Å². The Kier molecular flexibility index (Phi) is 3.56. The molecule has 98 valence electrons. The molecule has 0 saturated heterocycles. The van der Waals surface area contributed by atoms with Crippen molar-refractivity contribution in [1.82, 2.24) is 0 Å². The summed E-state index contributed by atoms with van der Waals surface area (Å²) in [6.45, 7) is 4.17. The highest BCUT2D eigenvalue weighted by atomic mass is 16.4. The summed E-state index contributed by atoms with van der Waals surface area (Å²) in [6, 6.07) is 13.2. The summed E-state index contributed by atoms with van der Waals surface area (Å²) >= 11 is 0. The third kappa shape index (κ3) is 2.76. The van der Waals surface area contributed by atoms with Crippen LogP contribution in [-0.4, -0.2) is 18.1 Å². The Morgan fingerprint density at radius 1 is 0.947 bits per heavy atom. The maximum atomic E-state index is 10.8. The van der Waals surface area contributed by atoms with Gasteiger partial charge in [-0.1, -0.05) is 6.07 Å². The van der Waals surface area contributed by atoms with E-state index in [0.717, 1.165) is 11.4 Å². The van der Waals surface area contributed by atoms with E-state index in [-0.39, 0.29) is 0 Å². The van der Waals surface area contributed by atoms with Crippen LogP contribution in [0, 0.1) is 13.8 Å². The van der Waals surface area contributed by atoms with Gasteiger partial charge >= 0.3 is 5.97 Å². The molecule has 0 amide bonds. The van der Waals surface area contributed by atoms with Gasteiger partial charge in [0.2, 0.25) is 0 Å². The zero-order valence-electron chi connectivity index (χ0n) is 11.3. The fraction of sp³-hybridized carbons (Fsp3) is 0.188. The highest BCUT2D eigenvalue weighted by Crippen LogP contribution is 2.25. The first-order valence-electron chi connectivity index (χ1n) is 6.13. The van der Waals surface area contributed by atoms with Crippen molar-refractivity contribution >= 4 is 17.3 Å². The van der Waals surface area contributed by atoms with Gasteiger partial charge in [-0.15, -0.1) is 0 Å². The molecule has 0 aromatic heterocycles. The van der Waals surface area contributed by atoms with Crippen molar-refractivity contribution in [2.45, 2.75) is 13.8 Å². The summed E-state index contributed by atoms with van der Waals surface area (Å²) in [6.07, 6.45) is 0. The molecule has 0 aliphatic rings. The van der Waals surface area contributed by atoms with E-state index in [1.54, 1.807) is 12.1 Å². The summed E-state index contributed by atoms with van der Waals surface area (Å²) in [5.41, 5.74) is 4.86. The Morgan fingerprint density at radius 3 is 2.05 bits per heavy atom. The zero-order chi connectivity index (χ0) is 14.0. The number of carboxylic acids is 1. The average Bonchev–Trinajstić information content (AvgIpc) is 2.41. The summed E-state index contributed by atoms with van der Waals surface area (Å²) in [5, 5.41) is 8.88. The van der Waals surface area contributed by atoms with Crippen molar-refractivity contribution in [2.24, 2.45) is 0 Å². The molecule has 0 spiro atoms. The lowest BCUT2D eigenvalue weighted by Gasteiger charge is -2.20. The normalized spacial score (nSPS) is 10.3. The molecule has 3 heteroatoms. The summed E-state index contributed by atoms with van der Waals surface area (Å²) in [4.78, 5) is 12.9. The van der Waals surface area contributed by atoms with Gasteiger partial charge < -0.3 is 10.0 Å². The van der Waals surface area contributed by atoms with Crippen LogP contribution >= 0.6 is 0 Å². The molecule has 0 atom stereocenters. The maximum absolute atomic E-state index is 10.8. The molecule has 19 heavy (non-hydrogen) atoms. The molecule has 0 aliphatic carbocycles. The van der Waals surface area contributed by atoms with Crippen molar-refractivity contribution in [3.63, 3.8) is 0 Å². The Balaban J connectivity index is 2.30. The highest BCUT2D eigenvalue weighted by molar-refractivity contribution is 5.88. The van der Waals surface area contributed by atoms with Gasteiger partial charge in [-0.2, -0.15) is 0 Å². The number of nitrogens with zero attached hydrogens (tertiary/aromatic N) is 1. The van der Waals surface area contributed by atoms with E-state index in [0.29, 0.717) is 5.56 Å². The minimum atomic E-state index is -0.902. The first-order chi connectivity index (χ1) is 8.99. The second-order valence-corrected chi connectivity index (χ2v) is 4.68. The Morgan fingerprint density at radius 2 is 1.53 bits per heavy atom. The van der Waals surface area contributed by atoms with Gasteiger partial charge in [-0.3, -0.25) is 0 Å². The number of benzene rings is 2. The minimum Gasteiger partial charge on any atom is -0.478 e. The van der Waals surface area contributed by atoms with Gasteiger partial charge in [0, 0.05) is 18.4 Å². The topological polar surface area (TPSA) is 40.5 Å². The van der Waals surface area contributed by atoms with E-state index in [2.05, 4.69) is 32.0 Å². The Labute approximate surface area is 113 Å². The number of hydrogen-bond donors (Lipinski definition) is 1. The Hall–Kier alpha value is -2.29. The van der Waals surface area contributed by atoms with Crippen LogP contribution in [-0.2, 0) is 0 Å². The van der Waals surface area contributed by atoms with Crippen molar-refractivity contribution in [2.75, 3.05) is 11.9 Å². The number of rotatable bonds is 3. The molecule has 3 nitrogen and oxygen atoms in total. The lowest BCUT2D eigenvalue weighted by molar-refractivity contribution is 0.0697. The lowest BCUT2D eigenvalue weighted by Crippen LogP contribution is -2.10. The van der Waals surface area contributed by atoms with E-state index >= 15 is 0 Å². The smallest absolute Gasteiger partial charge is 0.335 e. The molecule has 0 fully saturated rings. The third-order valence-electron chi connectivity index (χ3n) is 3.38. The maximum Gasteiger partial charge on any atom is 0.335 e. The van der Waals surface area contributed by atoms with Crippen LogP contribution in [0.4, 0.5) is 11.4 Å². The SMILES string of the molecule is Cc1ccc(N(C)c2ccc(C(=O)O)cc2)cc1C. The summed E-state index contributed by atoms with van der Waals surface area (Å²) in [7, 11) is 1.97. The number of carbonyl (C=O) groups is 1. The van der Waals surface area contributed by atoms with Gasteiger partial charge in [0.15, 0.2) is 0 Å². The average molecular weight is 255 g/mol. The fourth-order valence-corrected chi connectivity index (χ4v) is 1.91. The van der Waals surface area contributed by atoms with Crippen molar-refractivity contribution in [3.8, 4) is 0 Å². The van der Waals surface area contributed by atoms with Crippen LogP contribution in [0.15, 0.2) is 42.5 Å². The van der Waals surface area contributed by atoms with E-state index in [1.807, 2.05) is 24.1 Å². The first-order valence-corrected chi connectivity index (χ1v) is 6.13. The molecular formula is C16H17NO2. The predicted molar refractivity (Wildman–Crippen MR) is 77.4 cm³/mol. The largest absolute Gasteiger partial charge is 0.478 e. The van der Waals surface area contributed by atoms with Gasteiger partial charge in [0.1, 0.15) is 0 Å². The minimum absolute atomic E-state index is 0.303. The quantitative estimate of drug-likeness (QED) is 0.907. The molecule has 0 saturated carbocycles. The standard InChI is InChI=1S/C16H17NO2/c1-11-4-7-15(10-12(11)2)17(3)14-8-5-13(6-9-14)16(18)19/h4-10H,1-3H3,(H,18,19). The molecule has 0 radical (unpaired) electrons. The van der Waals surface area contributed by atoms with Gasteiger partial charge in [-0.25, -0.2) is 4.79 Å². The van der Waals surface area contributed by atoms with Crippen LogP contribution in [0.25, 0.3) is 0 Å². The first kappa shape index (κ1) is 13.1. The van der Waals surface area contributed by atoms with Crippen molar-refractivity contribution < 1.29 is 9.90 Å². The monoisotopic (exact) mass is 255 g/mol. The number of aryl methyl sites for hydroxylation is 2. The van der Waals surface area contributed by atoms with Crippen molar-refractivity contribution in [3.05, 3.63) is 59.2 Å². The molecule has 0 bridgehead atoms. The number of aromatic carboxylic acids is 1. The van der Waals surface area contributed by atoms with E-state index in [9.17, 15) is 4.79 Å². The third-order valence-corrected chi connectivity index (χ3v) is 3.38. The molecule has 0 aliphatic heterocycles. The molecule has 0 unspecified atom stereocenters. The zero-order valence-corrected chi connectivity index (χ0v) is 11.3. The van der Waals surface area contributed by atoms with Gasteiger partial charge in [-0.05, 0) is 61.4 Å². The fourth-order valence-electron chi connectivity index (χ4n) is 1.91. The van der Waals surface area contributed by atoms with E-state index in [1.165, 1.54) is 11.1 Å². The van der Waals surface area contributed by atoms with Gasteiger partial charge in [0.05, 0.1) is 5.56 Å². The second kappa shape index (κ2) is 5.14. The van der Waals surface area contributed by atoms with Crippen LogP contribution < -0.4 is 4.90 Å². The Bertz CT molecular complexity index is 603. The second-order valence-electron chi connectivity index (χ2n) is 4.68. The van der Waals surface area contributed by atoms with Crippen LogP contribution in [0.2, 0.25) is 0 Å². The predicted octanol–water partition coefficient (Wildman–Crippen LogP) is 3.77. The molecule has 1 N–H and O–H groups in total. The van der Waals surface area contributed by atoms with Crippen molar-refractivity contribution in [1.29, 1.82) is 0 Å². The van der Waals surface area contributed by atoms with E-state index < -0.39 is 5.97 Å². The molecule has 0 heterocycles. The molecular weight excluding hydrogens is 238 g/mol. The summed E-state index contributed by atoms with van der Waals surface area (Å²) < 4.78 is 0. The van der Waals surface area contributed by atoms with Crippen LogP contribution in [0.3, 0.4) is 0 Å². The van der Waals surface area contributed by atoms with E-state index in [4.69, 9.17) is 5.11 Å². The van der Waals surface area contributed by atoms with Crippen LogP contribution in [0.5, 0.6) is 0 Å². The highest BCUT2D eigenvalue weighted by Gasteiger charge is 2.07. The molecule has 2 rings (SSSR count).